The lowest BCUT2D eigenvalue weighted by Gasteiger charge is -2.37. The summed E-state index contributed by atoms with van der Waals surface area (Å²) < 4.78 is 26.7. The predicted molar refractivity (Wildman–Crippen MR) is 144 cm³/mol. The van der Waals surface area contributed by atoms with E-state index in [0.29, 0.717) is 17.6 Å². The van der Waals surface area contributed by atoms with Crippen LogP contribution in [0.5, 0.6) is 11.5 Å². The number of methoxy groups -OCH3 is 1. The summed E-state index contributed by atoms with van der Waals surface area (Å²) in [7, 11) is 1.53. The summed E-state index contributed by atoms with van der Waals surface area (Å²) in [5, 5.41) is 1.02. The molecule has 35 heavy (non-hydrogen) atoms. The third-order valence-corrected chi connectivity index (χ3v) is 9.82. The van der Waals surface area contributed by atoms with Crippen molar-refractivity contribution in [3.63, 3.8) is 0 Å². The van der Waals surface area contributed by atoms with E-state index in [2.05, 4.69) is 37.3 Å². The van der Waals surface area contributed by atoms with E-state index in [4.69, 9.17) is 9.47 Å². The second-order valence-corrected chi connectivity index (χ2v) is 11.8. The lowest BCUT2D eigenvalue weighted by atomic mass is 9.69. The first-order valence-electron chi connectivity index (χ1n) is 13.6. The number of hydrogen-bond donors (Lipinski definition) is 0. The number of hydrogen-bond acceptors (Lipinski definition) is 3. The third kappa shape index (κ3) is 5.69. The van der Waals surface area contributed by atoms with Crippen LogP contribution >= 0.6 is 11.3 Å². The van der Waals surface area contributed by atoms with Crippen LogP contribution in [0.2, 0.25) is 0 Å². The quantitative estimate of drug-likeness (QED) is 0.311. The topological polar surface area (TPSA) is 18.5 Å². The van der Waals surface area contributed by atoms with Crippen LogP contribution in [0.1, 0.15) is 81.1 Å². The summed E-state index contributed by atoms with van der Waals surface area (Å²) in [6, 6.07) is 14.6. The normalized spacial score (nSPS) is 25.0. The first-order valence-corrected chi connectivity index (χ1v) is 14.4. The molecule has 2 aliphatic carbocycles. The number of aryl methyl sites for hydroxylation is 1. The van der Waals surface area contributed by atoms with Gasteiger partial charge in [0.2, 0.25) is 0 Å². The maximum Gasteiger partial charge on any atom is 0.182 e. The molecule has 0 aliphatic heterocycles. The average molecular weight is 495 g/mol. The van der Waals surface area contributed by atoms with Gasteiger partial charge >= 0.3 is 0 Å². The number of halogens is 1. The van der Waals surface area contributed by atoms with Gasteiger partial charge < -0.3 is 9.47 Å². The molecule has 188 valence electrons. The van der Waals surface area contributed by atoms with Gasteiger partial charge in [-0.15, -0.1) is 11.3 Å². The molecular formula is C31H39FO2S. The second kappa shape index (κ2) is 11.3. The Balaban J connectivity index is 1.08. The largest absolute Gasteiger partial charge is 0.494 e. The molecule has 0 N–H and O–H groups in total. The average Bonchev–Trinajstić information content (AvgIpc) is 3.35. The van der Waals surface area contributed by atoms with Crippen LogP contribution < -0.4 is 9.47 Å². The molecule has 0 spiro atoms. The van der Waals surface area contributed by atoms with Crippen molar-refractivity contribution in [2.45, 2.75) is 77.0 Å². The second-order valence-electron chi connectivity index (χ2n) is 10.7. The van der Waals surface area contributed by atoms with Crippen LogP contribution in [0, 0.1) is 23.6 Å². The van der Waals surface area contributed by atoms with E-state index >= 15 is 0 Å². The Bertz CT molecular complexity index is 1090. The minimum Gasteiger partial charge on any atom is -0.494 e. The minimum atomic E-state index is -0.204. The van der Waals surface area contributed by atoms with Crippen molar-refractivity contribution in [1.29, 1.82) is 0 Å². The molecule has 2 aromatic carbocycles. The Morgan fingerprint density at radius 2 is 1.57 bits per heavy atom. The SMILES string of the molecule is CCCc1ccc(OCC2CCC(C3CCC(c4cc5ccc(OC)c(F)c5s4)CC3)CC2)cc1. The first kappa shape index (κ1) is 24.6. The van der Waals surface area contributed by atoms with Crippen LogP contribution in [0.3, 0.4) is 0 Å². The number of benzene rings is 2. The monoisotopic (exact) mass is 494 g/mol. The molecule has 0 saturated heterocycles. The number of ether oxygens (including phenoxy) is 2. The van der Waals surface area contributed by atoms with Gasteiger partial charge in [0.1, 0.15) is 5.75 Å². The van der Waals surface area contributed by atoms with Crippen LogP contribution in [0.4, 0.5) is 4.39 Å². The molecule has 4 heteroatoms. The Morgan fingerprint density at radius 3 is 2.23 bits per heavy atom. The highest BCUT2D eigenvalue weighted by Gasteiger charge is 2.32. The third-order valence-electron chi connectivity index (χ3n) is 8.51. The fourth-order valence-corrected chi connectivity index (χ4v) is 7.65. The highest BCUT2D eigenvalue weighted by atomic mass is 32.1. The minimum absolute atomic E-state index is 0.204. The summed E-state index contributed by atoms with van der Waals surface area (Å²) in [5.74, 6) is 4.19. The van der Waals surface area contributed by atoms with Crippen molar-refractivity contribution < 1.29 is 13.9 Å². The van der Waals surface area contributed by atoms with E-state index in [9.17, 15) is 4.39 Å². The molecule has 0 unspecified atom stereocenters. The molecule has 3 aromatic rings. The molecule has 1 heterocycles. The maximum absolute atomic E-state index is 14.7. The molecule has 1 aromatic heterocycles. The van der Waals surface area contributed by atoms with Gasteiger partial charge in [-0.05, 0) is 123 Å². The van der Waals surface area contributed by atoms with Gasteiger partial charge in [0.25, 0.3) is 0 Å². The predicted octanol–water partition coefficient (Wildman–Crippen LogP) is 9.16. The molecule has 0 radical (unpaired) electrons. The van der Waals surface area contributed by atoms with E-state index in [1.54, 1.807) is 17.4 Å². The molecular weight excluding hydrogens is 455 g/mol. The Morgan fingerprint density at radius 1 is 0.886 bits per heavy atom. The van der Waals surface area contributed by atoms with E-state index < -0.39 is 0 Å². The molecule has 0 atom stereocenters. The van der Waals surface area contributed by atoms with Crippen molar-refractivity contribution in [1.82, 2.24) is 0 Å². The number of fused-ring (bicyclic) bond motifs is 1. The Hall–Kier alpha value is -2.07. The van der Waals surface area contributed by atoms with Crippen molar-refractivity contribution in [3.05, 3.63) is 58.7 Å². The van der Waals surface area contributed by atoms with Gasteiger partial charge in [0.15, 0.2) is 11.6 Å². The number of thiophene rings is 1. The summed E-state index contributed by atoms with van der Waals surface area (Å²) in [6.07, 6.45) is 12.8. The zero-order valence-electron chi connectivity index (χ0n) is 21.2. The zero-order chi connectivity index (χ0) is 24.2. The van der Waals surface area contributed by atoms with Crippen LogP contribution in [0.25, 0.3) is 10.1 Å². The Labute approximate surface area is 213 Å². The number of rotatable bonds is 8. The molecule has 2 fully saturated rings. The molecule has 0 amide bonds. The lowest BCUT2D eigenvalue weighted by molar-refractivity contribution is 0.132. The maximum atomic E-state index is 14.7. The van der Waals surface area contributed by atoms with Crippen LogP contribution in [-0.2, 0) is 6.42 Å². The smallest absolute Gasteiger partial charge is 0.182 e. The fraction of sp³-hybridized carbons (Fsp3) is 0.548. The van der Waals surface area contributed by atoms with E-state index in [1.807, 2.05) is 6.07 Å². The van der Waals surface area contributed by atoms with E-state index in [1.165, 1.54) is 75.3 Å². The lowest BCUT2D eigenvalue weighted by Crippen LogP contribution is -2.27. The van der Waals surface area contributed by atoms with Crippen molar-refractivity contribution in [3.8, 4) is 11.5 Å². The van der Waals surface area contributed by atoms with Gasteiger partial charge in [0, 0.05) is 4.88 Å². The van der Waals surface area contributed by atoms with E-state index in [0.717, 1.165) is 40.7 Å². The van der Waals surface area contributed by atoms with Gasteiger partial charge in [-0.2, -0.15) is 0 Å². The van der Waals surface area contributed by atoms with Gasteiger partial charge in [-0.25, -0.2) is 4.39 Å². The van der Waals surface area contributed by atoms with Gasteiger partial charge in [0.05, 0.1) is 18.4 Å². The van der Waals surface area contributed by atoms with Crippen LogP contribution in [-0.4, -0.2) is 13.7 Å². The fourth-order valence-electron chi connectivity index (χ4n) is 6.39. The summed E-state index contributed by atoms with van der Waals surface area (Å²) >= 11 is 1.63. The first-order chi connectivity index (χ1) is 17.1. The molecule has 2 aliphatic rings. The van der Waals surface area contributed by atoms with Gasteiger partial charge in [-0.1, -0.05) is 25.5 Å². The standard InChI is InChI=1S/C31H39FO2S/c1-3-4-21-7-16-27(17-8-21)34-20-22-5-9-23(10-6-22)24-11-13-25(14-12-24)29-19-26-15-18-28(33-2)30(32)31(26)35-29/h7-8,15-19,22-25H,3-6,9-14,20H2,1-2H3. The van der Waals surface area contributed by atoms with Crippen LogP contribution in [0.15, 0.2) is 42.5 Å². The summed E-state index contributed by atoms with van der Waals surface area (Å²) in [6.45, 7) is 3.08. The highest BCUT2D eigenvalue weighted by Crippen LogP contribution is 2.46. The molecule has 5 rings (SSSR count). The highest BCUT2D eigenvalue weighted by molar-refractivity contribution is 7.19. The van der Waals surface area contributed by atoms with Crippen molar-refractivity contribution in [2.75, 3.05) is 13.7 Å². The summed E-state index contributed by atoms with van der Waals surface area (Å²) in [5.41, 5.74) is 1.40. The molecule has 2 nitrogen and oxygen atoms in total. The van der Waals surface area contributed by atoms with Crippen molar-refractivity contribution in [2.24, 2.45) is 17.8 Å². The Kier molecular flexibility index (Phi) is 7.97. The zero-order valence-corrected chi connectivity index (χ0v) is 22.0. The van der Waals surface area contributed by atoms with E-state index in [-0.39, 0.29) is 5.82 Å². The molecule has 2 saturated carbocycles. The summed E-state index contributed by atoms with van der Waals surface area (Å²) in [4.78, 5) is 1.36. The van der Waals surface area contributed by atoms with Gasteiger partial charge in [-0.3, -0.25) is 0 Å². The molecule has 0 bridgehead atoms. The van der Waals surface area contributed by atoms with Crippen molar-refractivity contribution >= 4 is 21.4 Å².